The Hall–Kier alpha value is -4.39. The van der Waals surface area contributed by atoms with Gasteiger partial charge in [-0.25, -0.2) is 14.8 Å². The molecule has 0 saturated carbocycles. The summed E-state index contributed by atoms with van der Waals surface area (Å²) in [6, 6.07) is 14.4. The number of urea groups is 1. The van der Waals surface area contributed by atoms with Gasteiger partial charge in [0.2, 0.25) is 0 Å². The van der Waals surface area contributed by atoms with Gasteiger partial charge in [0.15, 0.2) is 0 Å². The molecule has 4 aromatic rings. The normalized spacial score (nSPS) is 10.4. The highest BCUT2D eigenvalue weighted by molar-refractivity contribution is 6.32. The van der Waals surface area contributed by atoms with Crippen LogP contribution in [0.25, 0.3) is 10.9 Å². The molecule has 0 aliphatic heterocycles. The lowest BCUT2D eigenvalue weighted by Gasteiger charge is -2.19. The van der Waals surface area contributed by atoms with Crippen molar-refractivity contribution in [2.24, 2.45) is 0 Å². The number of aromatic nitrogens is 3. The zero-order valence-corrected chi connectivity index (χ0v) is 21.8. The van der Waals surface area contributed by atoms with E-state index in [1.807, 2.05) is 50.2 Å². The Morgan fingerprint density at radius 3 is 2.74 bits per heavy atom. The minimum Gasteiger partial charge on any atom is -0.454 e. The van der Waals surface area contributed by atoms with Gasteiger partial charge in [-0.1, -0.05) is 23.4 Å². The molecule has 2 aromatic heterocycles. The molecule has 0 spiro atoms. The SMILES string of the molecule is CCN(CCO)C(=O)NCC#Cc1ccc2ncnc(Nc3ccc(Oc4ccc(C)nc4)c(Cl)c3)c2c1. The largest absolute Gasteiger partial charge is 0.454 e. The zero-order chi connectivity index (χ0) is 26.9. The Balaban J connectivity index is 1.47. The second-order valence-corrected chi connectivity index (χ2v) is 8.63. The lowest BCUT2D eigenvalue weighted by molar-refractivity contribution is 0.181. The van der Waals surface area contributed by atoms with Crippen LogP contribution in [0.2, 0.25) is 5.02 Å². The highest BCUT2D eigenvalue weighted by atomic mass is 35.5. The van der Waals surface area contributed by atoms with Crippen molar-refractivity contribution in [3.63, 3.8) is 0 Å². The molecule has 0 aliphatic carbocycles. The molecule has 9 nitrogen and oxygen atoms in total. The van der Waals surface area contributed by atoms with E-state index in [4.69, 9.17) is 21.4 Å². The highest BCUT2D eigenvalue weighted by Gasteiger charge is 2.10. The number of likely N-dealkylation sites (N-methyl/N-ethyl adjacent to an activating group) is 1. The first-order chi connectivity index (χ1) is 18.5. The number of aliphatic hydroxyl groups excluding tert-OH is 1. The molecule has 0 saturated heterocycles. The van der Waals surface area contributed by atoms with Gasteiger partial charge in [-0.05, 0) is 62.4 Å². The number of amides is 2. The number of aliphatic hydroxyl groups is 1. The molecule has 0 radical (unpaired) electrons. The van der Waals surface area contributed by atoms with E-state index >= 15 is 0 Å². The molecule has 2 aromatic carbocycles. The number of nitrogens with zero attached hydrogens (tertiary/aromatic N) is 4. The van der Waals surface area contributed by atoms with Crippen LogP contribution in [0.15, 0.2) is 61.1 Å². The number of anilines is 2. The van der Waals surface area contributed by atoms with E-state index in [0.717, 1.165) is 27.8 Å². The third-order valence-corrected chi connectivity index (χ3v) is 5.84. The van der Waals surface area contributed by atoms with E-state index in [1.54, 1.807) is 18.3 Å². The number of aryl methyl sites for hydroxylation is 1. The minimum absolute atomic E-state index is 0.0856. The quantitative estimate of drug-likeness (QED) is 0.278. The van der Waals surface area contributed by atoms with Crippen LogP contribution in [0.5, 0.6) is 11.5 Å². The maximum Gasteiger partial charge on any atom is 0.318 e. The molecule has 10 heteroatoms. The van der Waals surface area contributed by atoms with E-state index in [-0.39, 0.29) is 25.7 Å². The first kappa shape index (κ1) is 26.7. The summed E-state index contributed by atoms with van der Waals surface area (Å²) in [7, 11) is 0. The second kappa shape index (κ2) is 12.7. The van der Waals surface area contributed by atoms with Crippen LogP contribution >= 0.6 is 11.6 Å². The van der Waals surface area contributed by atoms with Gasteiger partial charge in [-0.15, -0.1) is 0 Å². The van der Waals surface area contributed by atoms with E-state index in [2.05, 4.69) is 37.4 Å². The van der Waals surface area contributed by atoms with Crippen molar-refractivity contribution in [2.45, 2.75) is 13.8 Å². The second-order valence-electron chi connectivity index (χ2n) is 8.23. The Morgan fingerprint density at radius 1 is 1.13 bits per heavy atom. The summed E-state index contributed by atoms with van der Waals surface area (Å²) in [6.07, 6.45) is 3.14. The Kier molecular flexibility index (Phi) is 8.93. The van der Waals surface area contributed by atoms with Crippen molar-refractivity contribution in [1.29, 1.82) is 0 Å². The average Bonchev–Trinajstić information content (AvgIpc) is 2.92. The topological polar surface area (TPSA) is 113 Å². The van der Waals surface area contributed by atoms with Crippen LogP contribution in [0, 0.1) is 18.8 Å². The molecular formula is C28H27ClN6O3. The summed E-state index contributed by atoms with van der Waals surface area (Å²) >= 11 is 6.48. The molecule has 194 valence electrons. The third kappa shape index (κ3) is 6.88. The van der Waals surface area contributed by atoms with Crippen LogP contribution in [-0.4, -0.2) is 57.2 Å². The molecule has 3 N–H and O–H groups in total. The molecule has 38 heavy (non-hydrogen) atoms. The molecule has 4 rings (SSSR count). The summed E-state index contributed by atoms with van der Waals surface area (Å²) in [5.41, 5.74) is 3.13. The van der Waals surface area contributed by atoms with Crippen LogP contribution in [0.3, 0.4) is 0 Å². The Bertz CT molecular complexity index is 1480. The predicted molar refractivity (Wildman–Crippen MR) is 148 cm³/mol. The first-order valence-electron chi connectivity index (χ1n) is 12.0. The molecule has 0 unspecified atom stereocenters. The van der Waals surface area contributed by atoms with E-state index in [1.165, 1.54) is 11.2 Å². The number of carbonyl (C=O) groups is 1. The van der Waals surface area contributed by atoms with Gasteiger partial charge in [0, 0.05) is 35.4 Å². The molecule has 0 atom stereocenters. The van der Waals surface area contributed by atoms with Crippen LogP contribution in [0.1, 0.15) is 18.2 Å². The summed E-state index contributed by atoms with van der Waals surface area (Å²) in [5.74, 6) is 7.72. The Labute approximate surface area is 225 Å². The summed E-state index contributed by atoms with van der Waals surface area (Å²) < 4.78 is 5.85. The Morgan fingerprint density at radius 2 is 2.00 bits per heavy atom. The highest BCUT2D eigenvalue weighted by Crippen LogP contribution is 2.33. The summed E-state index contributed by atoms with van der Waals surface area (Å²) in [6.45, 7) is 4.64. The lowest BCUT2D eigenvalue weighted by Crippen LogP contribution is -2.41. The lowest BCUT2D eigenvalue weighted by atomic mass is 10.1. The number of carbonyl (C=O) groups excluding carboxylic acids is 1. The van der Waals surface area contributed by atoms with Gasteiger partial charge in [0.05, 0.1) is 29.9 Å². The number of hydrogen-bond acceptors (Lipinski definition) is 7. The van der Waals surface area contributed by atoms with Gasteiger partial charge in [0.25, 0.3) is 0 Å². The number of rotatable bonds is 8. The number of benzene rings is 2. The van der Waals surface area contributed by atoms with Crippen molar-refractivity contribution in [2.75, 3.05) is 31.6 Å². The number of ether oxygens (including phenoxy) is 1. The molecule has 2 heterocycles. The van der Waals surface area contributed by atoms with E-state index in [0.29, 0.717) is 28.9 Å². The average molecular weight is 531 g/mol. The number of pyridine rings is 1. The molecule has 0 bridgehead atoms. The van der Waals surface area contributed by atoms with Crippen LogP contribution in [0.4, 0.5) is 16.3 Å². The van der Waals surface area contributed by atoms with Gasteiger partial charge >= 0.3 is 6.03 Å². The van der Waals surface area contributed by atoms with Crippen LogP contribution in [-0.2, 0) is 0 Å². The van der Waals surface area contributed by atoms with Gasteiger partial charge < -0.3 is 25.4 Å². The maximum atomic E-state index is 12.1. The maximum absolute atomic E-state index is 12.1. The fraction of sp³-hybridized carbons (Fsp3) is 0.214. The van der Waals surface area contributed by atoms with Gasteiger partial charge in [-0.3, -0.25) is 4.98 Å². The van der Waals surface area contributed by atoms with Crippen molar-refractivity contribution in [3.05, 3.63) is 77.3 Å². The number of hydrogen-bond donors (Lipinski definition) is 3. The monoisotopic (exact) mass is 530 g/mol. The molecule has 0 fully saturated rings. The standard InChI is InChI=1S/C28H27ClN6O3/c1-3-35(13-14-36)28(37)30-12-4-5-20-7-10-25-23(15-20)27(33-18-32-25)34-21-8-11-26(24(29)16-21)38-22-9-6-19(2)31-17-22/h6-11,15-18,36H,3,12-14H2,1-2H3,(H,30,37)(H,32,33,34). The van der Waals surface area contributed by atoms with Gasteiger partial charge in [-0.2, -0.15) is 0 Å². The van der Waals surface area contributed by atoms with Crippen molar-refractivity contribution >= 4 is 40.0 Å². The number of halogens is 1. The summed E-state index contributed by atoms with van der Waals surface area (Å²) in [4.78, 5) is 26.6. The van der Waals surface area contributed by atoms with E-state index in [9.17, 15) is 4.79 Å². The van der Waals surface area contributed by atoms with Crippen LogP contribution < -0.4 is 15.4 Å². The van der Waals surface area contributed by atoms with Gasteiger partial charge in [0.1, 0.15) is 23.6 Å². The fourth-order valence-electron chi connectivity index (χ4n) is 3.58. The smallest absolute Gasteiger partial charge is 0.318 e. The number of nitrogens with one attached hydrogen (secondary N) is 2. The zero-order valence-electron chi connectivity index (χ0n) is 21.0. The van der Waals surface area contributed by atoms with E-state index < -0.39 is 0 Å². The minimum atomic E-state index is -0.264. The van der Waals surface area contributed by atoms with Crippen molar-refractivity contribution < 1.29 is 14.6 Å². The first-order valence-corrected chi connectivity index (χ1v) is 12.4. The number of fused-ring (bicyclic) bond motifs is 1. The summed E-state index contributed by atoms with van der Waals surface area (Å²) in [5, 5.41) is 16.3. The predicted octanol–water partition coefficient (Wildman–Crippen LogP) is 4.90. The van der Waals surface area contributed by atoms with Crippen molar-refractivity contribution in [3.8, 4) is 23.3 Å². The molecule has 0 aliphatic rings. The molecular weight excluding hydrogens is 504 g/mol. The van der Waals surface area contributed by atoms with Crippen molar-refractivity contribution in [1.82, 2.24) is 25.2 Å². The fourth-order valence-corrected chi connectivity index (χ4v) is 3.79. The molecule has 2 amide bonds. The third-order valence-electron chi connectivity index (χ3n) is 5.54.